The zero-order chi connectivity index (χ0) is 13.9. The van der Waals surface area contributed by atoms with Gasteiger partial charge in [-0.05, 0) is 19.4 Å². The minimum Gasteiger partial charge on any atom is -0.370 e. The molecule has 0 saturated carbocycles. The minimum atomic E-state index is 0.807. The van der Waals surface area contributed by atoms with Crippen molar-refractivity contribution in [2.24, 2.45) is 0 Å². The fourth-order valence-electron chi connectivity index (χ4n) is 2.18. The van der Waals surface area contributed by atoms with E-state index in [-0.39, 0.29) is 0 Å². The number of nitrogens with one attached hydrogen (secondary N) is 1. The summed E-state index contributed by atoms with van der Waals surface area (Å²) < 4.78 is 1.27. The standard InChI is InChI=1S/C16H17N3S/c1-3-8-17-15-9-11(2)18-16(19-15)13-10-20-14-7-5-4-6-12(13)14/h4-7,9-10H,3,8H2,1-2H3,(H,17,18,19). The molecule has 0 atom stereocenters. The van der Waals surface area contributed by atoms with Gasteiger partial charge >= 0.3 is 0 Å². The van der Waals surface area contributed by atoms with Gasteiger partial charge < -0.3 is 5.32 Å². The number of rotatable bonds is 4. The third-order valence-corrected chi connectivity index (χ3v) is 4.10. The van der Waals surface area contributed by atoms with Crippen molar-refractivity contribution < 1.29 is 0 Å². The summed E-state index contributed by atoms with van der Waals surface area (Å²) in [7, 11) is 0. The summed E-state index contributed by atoms with van der Waals surface area (Å²) in [4.78, 5) is 9.24. The molecule has 1 N–H and O–H groups in total. The average molecular weight is 283 g/mol. The van der Waals surface area contributed by atoms with Crippen molar-refractivity contribution in [3.05, 3.63) is 41.4 Å². The second-order valence-corrected chi connectivity index (χ2v) is 5.70. The van der Waals surface area contributed by atoms with Crippen LogP contribution in [0.4, 0.5) is 5.82 Å². The van der Waals surface area contributed by atoms with Crippen LogP contribution >= 0.6 is 11.3 Å². The minimum absolute atomic E-state index is 0.807. The van der Waals surface area contributed by atoms with E-state index in [1.54, 1.807) is 11.3 Å². The maximum Gasteiger partial charge on any atom is 0.163 e. The van der Waals surface area contributed by atoms with Gasteiger partial charge in [-0.1, -0.05) is 25.1 Å². The maximum atomic E-state index is 4.65. The van der Waals surface area contributed by atoms with Gasteiger partial charge in [0, 0.05) is 39.3 Å². The Bertz CT molecular complexity index is 733. The van der Waals surface area contributed by atoms with Crippen molar-refractivity contribution in [3.63, 3.8) is 0 Å². The highest BCUT2D eigenvalue weighted by atomic mass is 32.1. The lowest BCUT2D eigenvalue weighted by Crippen LogP contribution is -2.04. The molecule has 4 heteroatoms. The van der Waals surface area contributed by atoms with Crippen LogP contribution in [0.3, 0.4) is 0 Å². The van der Waals surface area contributed by atoms with Crippen molar-refractivity contribution in [3.8, 4) is 11.4 Å². The van der Waals surface area contributed by atoms with Gasteiger partial charge in [0.25, 0.3) is 0 Å². The molecule has 2 aromatic heterocycles. The number of hydrogen-bond acceptors (Lipinski definition) is 4. The predicted octanol–water partition coefficient (Wildman–Crippen LogP) is 4.49. The molecule has 0 unspecified atom stereocenters. The monoisotopic (exact) mass is 283 g/mol. The first-order valence-electron chi connectivity index (χ1n) is 6.84. The molecule has 0 aliphatic rings. The molecular formula is C16H17N3S. The number of thiophene rings is 1. The van der Waals surface area contributed by atoms with E-state index in [1.165, 1.54) is 10.1 Å². The Kier molecular flexibility index (Phi) is 3.65. The smallest absolute Gasteiger partial charge is 0.163 e. The zero-order valence-corrected chi connectivity index (χ0v) is 12.5. The van der Waals surface area contributed by atoms with Crippen LogP contribution in [-0.4, -0.2) is 16.5 Å². The highest BCUT2D eigenvalue weighted by Gasteiger charge is 2.10. The van der Waals surface area contributed by atoms with Crippen molar-refractivity contribution in [1.29, 1.82) is 0 Å². The fourth-order valence-corrected chi connectivity index (χ4v) is 3.12. The molecular weight excluding hydrogens is 266 g/mol. The molecule has 0 spiro atoms. The largest absolute Gasteiger partial charge is 0.370 e. The van der Waals surface area contributed by atoms with E-state index < -0.39 is 0 Å². The Morgan fingerprint density at radius 3 is 2.90 bits per heavy atom. The van der Waals surface area contributed by atoms with Crippen LogP contribution in [0.2, 0.25) is 0 Å². The van der Waals surface area contributed by atoms with Crippen LogP contribution in [0.5, 0.6) is 0 Å². The predicted molar refractivity (Wildman–Crippen MR) is 86.4 cm³/mol. The average Bonchev–Trinajstić information content (AvgIpc) is 2.88. The summed E-state index contributed by atoms with van der Waals surface area (Å²) >= 11 is 1.74. The molecule has 0 saturated heterocycles. The molecule has 2 heterocycles. The fraction of sp³-hybridized carbons (Fsp3) is 0.250. The number of anilines is 1. The summed E-state index contributed by atoms with van der Waals surface area (Å²) in [5.74, 6) is 1.71. The van der Waals surface area contributed by atoms with Gasteiger partial charge in [-0.3, -0.25) is 0 Å². The van der Waals surface area contributed by atoms with Gasteiger partial charge in [-0.2, -0.15) is 0 Å². The van der Waals surface area contributed by atoms with E-state index in [1.807, 2.05) is 13.0 Å². The first-order chi connectivity index (χ1) is 9.78. The molecule has 0 bridgehead atoms. The molecule has 0 fully saturated rings. The van der Waals surface area contributed by atoms with Crippen molar-refractivity contribution >= 4 is 27.2 Å². The van der Waals surface area contributed by atoms with Gasteiger partial charge in [0.15, 0.2) is 5.82 Å². The highest BCUT2D eigenvalue weighted by Crippen LogP contribution is 2.32. The van der Waals surface area contributed by atoms with Gasteiger partial charge in [-0.15, -0.1) is 11.3 Å². The zero-order valence-electron chi connectivity index (χ0n) is 11.7. The number of hydrogen-bond donors (Lipinski definition) is 1. The van der Waals surface area contributed by atoms with Crippen LogP contribution in [0, 0.1) is 6.92 Å². The Balaban J connectivity index is 2.07. The Morgan fingerprint density at radius 2 is 2.05 bits per heavy atom. The number of aryl methyl sites for hydroxylation is 1. The molecule has 0 aliphatic heterocycles. The second-order valence-electron chi connectivity index (χ2n) is 4.79. The van der Waals surface area contributed by atoms with Crippen LogP contribution in [0.1, 0.15) is 19.0 Å². The first kappa shape index (κ1) is 13.1. The Hall–Kier alpha value is -1.94. The molecule has 3 nitrogen and oxygen atoms in total. The normalized spacial score (nSPS) is 10.9. The lowest BCUT2D eigenvalue weighted by molar-refractivity contribution is 0.963. The summed E-state index contributed by atoms with van der Waals surface area (Å²) in [5.41, 5.74) is 2.11. The van der Waals surface area contributed by atoms with Gasteiger partial charge in [0.1, 0.15) is 5.82 Å². The van der Waals surface area contributed by atoms with Crippen molar-refractivity contribution in [1.82, 2.24) is 9.97 Å². The van der Waals surface area contributed by atoms with Crippen LogP contribution in [0.25, 0.3) is 21.5 Å². The van der Waals surface area contributed by atoms with Crippen LogP contribution < -0.4 is 5.32 Å². The molecule has 3 rings (SSSR count). The van der Waals surface area contributed by atoms with E-state index >= 15 is 0 Å². The van der Waals surface area contributed by atoms with E-state index in [9.17, 15) is 0 Å². The maximum absolute atomic E-state index is 4.65. The Morgan fingerprint density at radius 1 is 1.20 bits per heavy atom. The number of aromatic nitrogens is 2. The third kappa shape index (κ3) is 2.51. The van der Waals surface area contributed by atoms with E-state index in [4.69, 9.17) is 0 Å². The summed E-state index contributed by atoms with van der Waals surface area (Å²) in [6.45, 7) is 5.09. The molecule has 102 valence electrons. The number of nitrogens with zero attached hydrogens (tertiary/aromatic N) is 2. The van der Waals surface area contributed by atoms with Gasteiger partial charge in [0.2, 0.25) is 0 Å². The summed E-state index contributed by atoms with van der Waals surface area (Å²) in [5, 5.41) is 6.71. The van der Waals surface area contributed by atoms with E-state index in [0.717, 1.165) is 35.9 Å². The lowest BCUT2D eigenvalue weighted by Gasteiger charge is -2.07. The summed E-state index contributed by atoms with van der Waals surface area (Å²) in [6, 6.07) is 10.4. The molecule has 0 radical (unpaired) electrons. The molecule has 3 aromatic rings. The topological polar surface area (TPSA) is 37.8 Å². The molecule has 20 heavy (non-hydrogen) atoms. The second kappa shape index (κ2) is 5.59. The SMILES string of the molecule is CCCNc1cc(C)nc(-c2csc3ccccc23)n1. The van der Waals surface area contributed by atoms with Crippen molar-refractivity contribution in [2.45, 2.75) is 20.3 Å². The van der Waals surface area contributed by atoms with Crippen molar-refractivity contribution in [2.75, 3.05) is 11.9 Å². The molecule has 0 amide bonds. The van der Waals surface area contributed by atoms with Crippen LogP contribution in [-0.2, 0) is 0 Å². The third-order valence-electron chi connectivity index (χ3n) is 3.13. The number of benzene rings is 1. The van der Waals surface area contributed by atoms with E-state index in [0.29, 0.717) is 0 Å². The van der Waals surface area contributed by atoms with Crippen LogP contribution in [0.15, 0.2) is 35.7 Å². The lowest BCUT2D eigenvalue weighted by atomic mass is 10.1. The van der Waals surface area contributed by atoms with Gasteiger partial charge in [-0.25, -0.2) is 9.97 Å². The number of fused-ring (bicyclic) bond motifs is 1. The highest BCUT2D eigenvalue weighted by molar-refractivity contribution is 7.17. The summed E-state index contributed by atoms with van der Waals surface area (Å²) in [6.07, 6.45) is 1.08. The molecule has 1 aromatic carbocycles. The first-order valence-corrected chi connectivity index (χ1v) is 7.72. The van der Waals surface area contributed by atoms with Gasteiger partial charge in [0.05, 0.1) is 0 Å². The van der Waals surface area contributed by atoms with E-state index in [2.05, 4.69) is 51.9 Å². The quantitative estimate of drug-likeness (QED) is 0.766. The molecule has 0 aliphatic carbocycles. The Labute approximate surface area is 122 Å².